The highest BCUT2D eigenvalue weighted by Gasteiger charge is 2.06. The molecule has 1 heteroatoms. The fraction of sp³-hybridized carbons (Fsp3) is 1.00. The molecule has 0 radical (unpaired) electrons. The van der Waals surface area contributed by atoms with Crippen LogP contribution in [0.4, 0.5) is 0 Å². The summed E-state index contributed by atoms with van der Waals surface area (Å²) in [5, 5.41) is 0. The predicted molar refractivity (Wildman–Crippen MR) is 63.7 cm³/mol. The molecule has 0 unspecified atom stereocenters. The van der Waals surface area contributed by atoms with Gasteiger partial charge in [0.1, 0.15) is 0 Å². The van der Waals surface area contributed by atoms with E-state index in [9.17, 15) is 0 Å². The van der Waals surface area contributed by atoms with E-state index in [0.29, 0.717) is 0 Å². The first-order valence-corrected chi connectivity index (χ1v) is 6.39. The van der Waals surface area contributed by atoms with Gasteiger partial charge in [-0.25, -0.2) is 0 Å². The van der Waals surface area contributed by atoms with Gasteiger partial charge in [0, 0.05) is 13.2 Å². The molecule has 0 aromatic heterocycles. The quantitative estimate of drug-likeness (QED) is 0.611. The third kappa shape index (κ3) is 10.0. The maximum Gasteiger partial charge on any atom is 0.0468 e. The molecule has 1 rings (SSSR count). The smallest absolute Gasteiger partial charge is 0.0468 e. The molecule has 0 spiro atoms. The second-order valence-corrected chi connectivity index (χ2v) is 4.36. The minimum absolute atomic E-state index is 0.911. The molecule has 1 heterocycles. The Morgan fingerprint density at radius 3 is 1.71 bits per heavy atom. The van der Waals surface area contributed by atoms with E-state index < -0.39 is 0 Å². The summed E-state index contributed by atoms with van der Waals surface area (Å²) in [6.07, 6.45) is 9.54. The summed E-state index contributed by atoms with van der Waals surface area (Å²) in [6.45, 7) is 8.75. The Kier molecular flexibility index (Phi) is 11.0. The third-order valence-corrected chi connectivity index (χ3v) is 2.72. The van der Waals surface area contributed by atoms with E-state index in [2.05, 4.69) is 20.8 Å². The lowest BCUT2D eigenvalue weighted by molar-refractivity contribution is 0.0716. The number of ether oxygens (including phenoxy) is 1. The maximum absolute atomic E-state index is 5.14. The SMILES string of the molecule is CC1CCOCC1.CCCCCCC. The van der Waals surface area contributed by atoms with Gasteiger partial charge in [0.05, 0.1) is 0 Å². The van der Waals surface area contributed by atoms with Gasteiger partial charge in [-0.05, 0) is 18.8 Å². The van der Waals surface area contributed by atoms with Crippen LogP contribution in [0.25, 0.3) is 0 Å². The molecule has 0 aromatic carbocycles. The molecule has 0 atom stereocenters. The minimum atomic E-state index is 0.911. The van der Waals surface area contributed by atoms with Crippen molar-refractivity contribution in [3.05, 3.63) is 0 Å². The summed E-state index contributed by atoms with van der Waals surface area (Å²) in [6, 6.07) is 0. The molecular formula is C13H28O. The predicted octanol–water partition coefficient (Wildman–Crippen LogP) is 4.41. The summed E-state index contributed by atoms with van der Waals surface area (Å²) >= 11 is 0. The van der Waals surface area contributed by atoms with Crippen LogP contribution in [0.15, 0.2) is 0 Å². The van der Waals surface area contributed by atoms with E-state index >= 15 is 0 Å². The average Bonchev–Trinajstić information content (AvgIpc) is 2.21. The largest absolute Gasteiger partial charge is 0.381 e. The van der Waals surface area contributed by atoms with Crippen molar-refractivity contribution >= 4 is 0 Å². The molecule has 1 nitrogen and oxygen atoms in total. The van der Waals surface area contributed by atoms with E-state index in [1.807, 2.05) is 0 Å². The van der Waals surface area contributed by atoms with Crippen molar-refractivity contribution in [1.82, 2.24) is 0 Å². The van der Waals surface area contributed by atoms with Gasteiger partial charge in [-0.1, -0.05) is 52.9 Å². The Morgan fingerprint density at radius 1 is 0.929 bits per heavy atom. The molecule has 14 heavy (non-hydrogen) atoms. The van der Waals surface area contributed by atoms with Crippen LogP contribution in [0, 0.1) is 5.92 Å². The zero-order valence-corrected chi connectivity index (χ0v) is 10.3. The molecule has 1 aliphatic rings. The molecule has 0 saturated carbocycles. The Labute approximate surface area is 90.2 Å². The van der Waals surface area contributed by atoms with Crippen LogP contribution in [0.2, 0.25) is 0 Å². The van der Waals surface area contributed by atoms with Crippen molar-refractivity contribution in [1.29, 1.82) is 0 Å². The average molecular weight is 200 g/mol. The highest BCUT2D eigenvalue weighted by Crippen LogP contribution is 2.11. The molecule has 1 saturated heterocycles. The second kappa shape index (κ2) is 11.0. The van der Waals surface area contributed by atoms with E-state index in [4.69, 9.17) is 4.74 Å². The summed E-state index contributed by atoms with van der Waals surface area (Å²) in [5.74, 6) is 0.911. The van der Waals surface area contributed by atoms with Crippen LogP contribution in [0.1, 0.15) is 65.7 Å². The van der Waals surface area contributed by atoms with E-state index in [0.717, 1.165) is 19.1 Å². The lowest BCUT2D eigenvalue weighted by atomic mass is 10.0. The van der Waals surface area contributed by atoms with E-state index in [1.165, 1.54) is 44.9 Å². The zero-order valence-electron chi connectivity index (χ0n) is 10.3. The Morgan fingerprint density at radius 2 is 1.43 bits per heavy atom. The van der Waals surface area contributed by atoms with Crippen LogP contribution in [0.5, 0.6) is 0 Å². The van der Waals surface area contributed by atoms with Crippen LogP contribution >= 0.6 is 0 Å². The van der Waals surface area contributed by atoms with E-state index in [1.54, 1.807) is 0 Å². The molecule has 0 bridgehead atoms. The second-order valence-electron chi connectivity index (χ2n) is 4.36. The van der Waals surface area contributed by atoms with Crippen LogP contribution in [0.3, 0.4) is 0 Å². The van der Waals surface area contributed by atoms with Gasteiger partial charge >= 0.3 is 0 Å². The molecule has 1 fully saturated rings. The van der Waals surface area contributed by atoms with Crippen LogP contribution in [-0.2, 0) is 4.74 Å². The Hall–Kier alpha value is -0.0400. The summed E-state index contributed by atoms with van der Waals surface area (Å²) in [5.41, 5.74) is 0. The maximum atomic E-state index is 5.14. The van der Waals surface area contributed by atoms with Gasteiger partial charge in [-0.3, -0.25) is 0 Å². The fourth-order valence-electron chi connectivity index (χ4n) is 1.49. The molecule has 0 N–H and O–H groups in total. The van der Waals surface area contributed by atoms with Gasteiger partial charge in [0.25, 0.3) is 0 Å². The standard InChI is InChI=1S/C7H16.C6H12O/c1-3-5-7-6-4-2;1-6-2-4-7-5-3-6/h3-7H2,1-2H3;6H,2-5H2,1H3. The summed E-state index contributed by atoms with van der Waals surface area (Å²) in [7, 11) is 0. The first-order chi connectivity index (χ1) is 6.81. The molecule has 1 aliphatic heterocycles. The minimum Gasteiger partial charge on any atom is -0.381 e. The topological polar surface area (TPSA) is 9.23 Å². The van der Waals surface area contributed by atoms with Crippen LogP contribution in [-0.4, -0.2) is 13.2 Å². The molecule has 0 amide bonds. The third-order valence-electron chi connectivity index (χ3n) is 2.72. The summed E-state index contributed by atoms with van der Waals surface area (Å²) < 4.78 is 5.14. The van der Waals surface area contributed by atoms with Crippen molar-refractivity contribution in [3.8, 4) is 0 Å². The van der Waals surface area contributed by atoms with Gasteiger partial charge in [0.15, 0.2) is 0 Å². The highest BCUT2D eigenvalue weighted by atomic mass is 16.5. The number of hydrogen-bond donors (Lipinski definition) is 0. The number of hydrogen-bond acceptors (Lipinski definition) is 1. The van der Waals surface area contributed by atoms with Gasteiger partial charge in [-0.2, -0.15) is 0 Å². The normalized spacial score (nSPS) is 17.4. The monoisotopic (exact) mass is 200 g/mol. The Bertz CT molecular complexity index is 91.4. The van der Waals surface area contributed by atoms with Gasteiger partial charge in [-0.15, -0.1) is 0 Å². The first kappa shape index (κ1) is 14.0. The Balaban J connectivity index is 0.000000241. The van der Waals surface area contributed by atoms with Crippen molar-refractivity contribution < 1.29 is 4.74 Å². The lowest BCUT2D eigenvalue weighted by Crippen LogP contribution is -2.12. The number of rotatable bonds is 4. The zero-order chi connectivity index (χ0) is 10.6. The lowest BCUT2D eigenvalue weighted by Gasteiger charge is -2.16. The van der Waals surface area contributed by atoms with Gasteiger partial charge < -0.3 is 4.74 Å². The van der Waals surface area contributed by atoms with Crippen molar-refractivity contribution in [2.45, 2.75) is 65.7 Å². The summed E-state index contributed by atoms with van der Waals surface area (Å²) in [4.78, 5) is 0. The van der Waals surface area contributed by atoms with Crippen molar-refractivity contribution in [2.24, 2.45) is 5.92 Å². The van der Waals surface area contributed by atoms with E-state index in [-0.39, 0.29) is 0 Å². The van der Waals surface area contributed by atoms with Crippen molar-refractivity contribution in [2.75, 3.05) is 13.2 Å². The molecule has 0 aromatic rings. The molecule has 86 valence electrons. The number of unbranched alkanes of at least 4 members (excludes halogenated alkanes) is 4. The highest BCUT2D eigenvalue weighted by molar-refractivity contribution is 4.55. The van der Waals surface area contributed by atoms with Gasteiger partial charge in [0.2, 0.25) is 0 Å². The van der Waals surface area contributed by atoms with Crippen LogP contribution < -0.4 is 0 Å². The fourth-order valence-corrected chi connectivity index (χ4v) is 1.49. The molecular weight excluding hydrogens is 172 g/mol. The van der Waals surface area contributed by atoms with Crippen molar-refractivity contribution in [3.63, 3.8) is 0 Å². The first-order valence-electron chi connectivity index (χ1n) is 6.39. The molecule has 0 aliphatic carbocycles.